The molecule has 1 saturated carbocycles. The molecule has 0 saturated heterocycles. The van der Waals surface area contributed by atoms with Crippen LogP contribution in [-0.2, 0) is 0 Å². The van der Waals surface area contributed by atoms with Crippen molar-refractivity contribution in [2.75, 3.05) is 7.11 Å². The maximum atomic E-state index is 10.5. The molecular weight excluding hydrogens is 252 g/mol. The lowest BCUT2D eigenvalue weighted by molar-refractivity contribution is 0.0811. The first kappa shape index (κ1) is 13.3. The number of aromatic nitrogens is 2. The highest BCUT2D eigenvalue weighted by Crippen LogP contribution is 2.33. The molecule has 0 radical (unpaired) electrons. The van der Waals surface area contributed by atoms with E-state index in [1.54, 1.807) is 13.3 Å². The van der Waals surface area contributed by atoms with Crippen LogP contribution < -0.4 is 4.74 Å². The van der Waals surface area contributed by atoms with Gasteiger partial charge in [0.25, 0.3) is 0 Å². The maximum Gasteiger partial charge on any atom is 0.121 e. The van der Waals surface area contributed by atoms with E-state index in [4.69, 9.17) is 4.74 Å². The summed E-state index contributed by atoms with van der Waals surface area (Å²) < 4.78 is 5.21. The number of aliphatic hydroxyl groups is 1. The van der Waals surface area contributed by atoms with Crippen LogP contribution in [0.15, 0.2) is 24.4 Å². The first-order valence-electron chi connectivity index (χ1n) is 7.26. The minimum absolute atomic E-state index is 0.320. The van der Waals surface area contributed by atoms with Crippen LogP contribution in [0.1, 0.15) is 43.9 Å². The number of hydrogen-bond acceptors (Lipinski definition) is 4. The molecule has 1 atom stereocenters. The molecule has 0 bridgehead atoms. The van der Waals surface area contributed by atoms with Crippen molar-refractivity contribution in [1.29, 1.82) is 0 Å². The lowest BCUT2D eigenvalue weighted by Crippen LogP contribution is -2.17. The number of nitrogens with zero attached hydrogens (tertiary/aromatic N) is 2. The quantitative estimate of drug-likeness (QED) is 0.931. The van der Waals surface area contributed by atoms with Crippen LogP contribution in [-0.4, -0.2) is 22.2 Å². The van der Waals surface area contributed by atoms with Gasteiger partial charge in [0.15, 0.2) is 0 Å². The molecule has 0 amide bonds. The topological polar surface area (TPSA) is 55.2 Å². The molecule has 0 aliphatic heterocycles. The second-order valence-corrected chi connectivity index (χ2v) is 5.49. The van der Waals surface area contributed by atoms with Gasteiger partial charge >= 0.3 is 0 Å². The highest BCUT2D eigenvalue weighted by Gasteiger charge is 2.24. The largest absolute Gasteiger partial charge is 0.497 e. The van der Waals surface area contributed by atoms with Gasteiger partial charge in [-0.1, -0.05) is 19.3 Å². The Bertz CT molecular complexity index is 594. The third-order valence-electron chi connectivity index (χ3n) is 4.17. The van der Waals surface area contributed by atoms with E-state index in [2.05, 4.69) is 9.97 Å². The SMILES string of the molecule is COc1ccc2ncc(C(O)C3CCCCC3)nc2c1. The number of benzene rings is 1. The summed E-state index contributed by atoms with van der Waals surface area (Å²) in [6, 6.07) is 5.62. The lowest BCUT2D eigenvalue weighted by Gasteiger charge is -2.26. The van der Waals surface area contributed by atoms with Crippen LogP contribution in [0.2, 0.25) is 0 Å². The van der Waals surface area contributed by atoms with E-state index >= 15 is 0 Å². The monoisotopic (exact) mass is 272 g/mol. The summed E-state index contributed by atoms with van der Waals surface area (Å²) >= 11 is 0. The molecule has 2 aromatic rings. The van der Waals surface area contributed by atoms with Crippen LogP contribution >= 0.6 is 0 Å². The Hall–Kier alpha value is -1.68. The summed E-state index contributed by atoms with van der Waals surface area (Å²) in [5, 5.41) is 10.5. The molecule has 1 aromatic carbocycles. The zero-order valence-electron chi connectivity index (χ0n) is 11.7. The zero-order valence-corrected chi connectivity index (χ0v) is 11.7. The van der Waals surface area contributed by atoms with Gasteiger partial charge in [-0.05, 0) is 30.9 Å². The zero-order chi connectivity index (χ0) is 13.9. The van der Waals surface area contributed by atoms with Crippen molar-refractivity contribution < 1.29 is 9.84 Å². The summed E-state index contributed by atoms with van der Waals surface area (Å²) in [4.78, 5) is 8.96. The van der Waals surface area contributed by atoms with E-state index in [0.29, 0.717) is 11.6 Å². The van der Waals surface area contributed by atoms with E-state index in [-0.39, 0.29) is 0 Å². The molecule has 1 N–H and O–H groups in total. The summed E-state index contributed by atoms with van der Waals surface area (Å²) in [6.45, 7) is 0. The molecule has 4 heteroatoms. The fourth-order valence-corrected chi connectivity index (χ4v) is 2.97. The van der Waals surface area contributed by atoms with Gasteiger partial charge in [0.2, 0.25) is 0 Å². The number of rotatable bonds is 3. The molecular formula is C16H20N2O2. The number of methoxy groups -OCH3 is 1. The minimum atomic E-state index is -0.501. The highest BCUT2D eigenvalue weighted by molar-refractivity contribution is 5.75. The molecule has 106 valence electrons. The van der Waals surface area contributed by atoms with Crippen molar-refractivity contribution in [3.63, 3.8) is 0 Å². The second kappa shape index (κ2) is 5.75. The van der Waals surface area contributed by atoms with Crippen LogP contribution in [0.5, 0.6) is 5.75 Å². The van der Waals surface area contributed by atoms with Crippen LogP contribution in [0, 0.1) is 5.92 Å². The van der Waals surface area contributed by atoms with Crippen molar-refractivity contribution in [3.8, 4) is 5.75 Å². The number of ether oxygens (including phenoxy) is 1. The molecule has 1 heterocycles. The summed E-state index contributed by atoms with van der Waals surface area (Å²) in [6.07, 6.45) is 7.06. The second-order valence-electron chi connectivity index (χ2n) is 5.49. The molecule has 1 aliphatic carbocycles. The Morgan fingerprint density at radius 3 is 2.75 bits per heavy atom. The van der Waals surface area contributed by atoms with E-state index < -0.39 is 6.10 Å². The fraction of sp³-hybridized carbons (Fsp3) is 0.500. The van der Waals surface area contributed by atoms with E-state index in [0.717, 1.165) is 29.6 Å². The normalized spacial score (nSPS) is 18.1. The predicted octanol–water partition coefficient (Wildman–Crippen LogP) is 3.25. The van der Waals surface area contributed by atoms with E-state index in [1.165, 1.54) is 19.3 Å². The summed E-state index contributed by atoms with van der Waals surface area (Å²) in [5.41, 5.74) is 2.28. The number of fused-ring (bicyclic) bond motifs is 1. The molecule has 0 spiro atoms. The van der Waals surface area contributed by atoms with Crippen LogP contribution in [0.3, 0.4) is 0 Å². The summed E-state index contributed by atoms with van der Waals surface area (Å²) in [7, 11) is 1.63. The smallest absolute Gasteiger partial charge is 0.121 e. The van der Waals surface area contributed by atoms with Crippen molar-refractivity contribution >= 4 is 11.0 Å². The van der Waals surface area contributed by atoms with Gasteiger partial charge in [0.1, 0.15) is 11.9 Å². The third-order valence-corrected chi connectivity index (χ3v) is 4.17. The Morgan fingerprint density at radius 2 is 2.00 bits per heavy atom. The highest BCUT2D eigenvalue weighted by atomic mass is 16.5. The van der Waals surface area contributed by atoms with Crippen molar-refractivity contribution in [2.45, 2.75) is 38.2 Å². The average molecular weight is 272 g/mol. The van der Waals surface area contributed by atoms with Crippen LogP contribution in [0.25, 0.3) is 11.0 Å². The van der Waals surface area contributed by atoms with Gasteiger partial charge in [-0.2, -0.15) is 0 Å². The predicted molar refractivity (Wildman–Crippen MR) is 77.6 cm³/mol. The van der Waals surface area contributed by atoms with Gasteiger partial charge in [-0.15, -0.1) is 0 Å². The van der Waals surface area contributed by atoms with Gasteiger partial charge in [0.05, 0.1) is 30.0 Å². The Morgan fingerprint density at radius 1 is 1.20 bits per heavy atom. The number of hydrogen-bond donors (Lipinski definition) is 1. The van der Waals surface area contributed by atoms with E-state index in [9.17, 15) is 5.11 Å². The maximum absolute atomic E-state index is 10.5. The Balaban J connectivity index is 1.90. The molecule has 1 aromatic heterocycles. The van der Waals surface area contributed by atoms with Gasteiger partial charge in [-0.25, -0.2) is 4.98 Å². The molecule has 3 rings (SSSR count). The van der Waals surface area contributed by atoms with Crippen molar-refractivity contribution in [2.24, 2.45) is 5.92 Å². The third kappa shape index (κ3) is 2.61. The lowest BCUT2D eigenvalue weighted by atomic mass is 9.84. The first-order valence-corrected chi connectivity index (χ1v) is 7.26. The molecule has 4 nitrogen and oxygen atoms in total. The average Bonchev–Trinajstić information content (AvgIpc) is 2.54. The summed E-state index contributed by atoms with van der Waals surface area (Å²) in [5.74, 6) is 1.08. The Labute approximate surface area is 118 Å². The fourth-order valence-electron chi connectivity index (χ4n) is 2.97. The van der Waals surface area contributed by atoms with Gasteiger partial charge < -0.3 is 9.84 Å². The van der Waals surface area contributed by atoms with Crippen molar-refractivity contribution in [3.05, 3.63) is 30.1 Å². The molecule has 20 heavy (non-hydrogen) atoms. The minimum Gasteiger partial charge on any atom is -0.497 e. The van der Waals surface area contributed by atoms with E-state index in [1.807, 2.05) is 18.2 Å². The molecule has 1 fully saturated rings. The Kier molecular flexibility index (Phi) is 3.83. The standard InChI is InChI=1S/C16H20N2O2/c1-20-12-7-8-13-14(9-12)18-15(10-17-13)16(19)11-5-3-2-4-6-11/h7-11,16,19H,2-6H2,1H3. The first-order chi connectivity index (χ1) is 9.78. The van der Waals surface area contributed by atoms with Crippen molar-refractivity contribution in [1.82, 2.24) is 9.97 Å². The molecule has 1 aliphatic rings. The van der Waals surface area contributed by atoms with Crippen LogP contribution in [0.4, 0.5) is 0 Å². The number of aliphatic hydroxyl groups excluding tert-OH is 1. The van der Waals surface area contributed by atoms with Gasteiger partial charge in [0, 0.05) is 6.07 Å². The molecule has 1 unspecified atom stereocenters. The van der Waals surface area contributed by atoms with Gasteiger partial charge in [-0.3, -0.25) is 4.98 Å².